The highest BCUT2D eigenvalue weighted by Gasteiger charge is 2.24. The van der Waals surface area contributed by atoms with Crippen molar-refractivity contribution in [2.75, 3.05) is 30.4 Å². The molecule has 4 aromatic rings. The number of carbonyl (C=O) groups excluding carboxylic acids is 1. The number of ether oxygens (including phenoxy) is 1. The number of fused-ring (bicyclic) bond motifs is 2. The number of methoxy groups -OCH3 is 1. The number of pyridine rings is 1. The third kappa shape index (κ3) is 4.17. The van der Waals surface area contributed by atoms with E-state index in [1.165, 1.54) is 7.11 Å². The Morgan fingerprint density at radius 3 is 2.73 bits per heavy atom. The van der Waals surface area contributed by atoms with Crippen molar-refractivity contribution in [1.29, 1.82) is 0 Å². The summed E-state index contributed by atoms with van der Waals surface area (Å²) in [5.41, 5.74) is 3.54. The fraction of sp³-hybridized carbons (Fsp3) is 0.280. The van der Waals surface area contributed by atoms with Crippen molar-refractivity contribution in [3.8, 4) is 6.01 Å². The molecule has 0 spiro atoms. The van der Waals surface area contributed by atoms with Gasteiger partial charge in [-0.15, -0.1) is 0 Å². The molecule has 168 valence electrons. The molecule has 2 aromatic carbocycles. The van der Waals surface area contributed by atoms with Gasteiger partial charge in [-0.3, -0.25) is 9.78 Å². The first-order chi connectivity index (χ1) is 16.0. The lowest BCUT2D eigenvalue weighted by Crippen LogP contribution is -2.54. The predicted molar refractivity (Wildman–Crippen MR) is 130 cm³/mol. The Morgan fingerprint density at radius 2 is 1.94 bits per heavy atom. The number of carbonyl (C=O) groups is 1. The van der Waals surface area contributed by atoms with E-state index in [0.29, 0.717) is 28.9 Å². The SMILES string of the molecule is COc1ncc2c(N3CC(C)NC(C)C3)ccc(C(=O)Nc3ccc4cccnc4c3)c2n1. The summed E-state index contributed by atoms with van der Waals surface area (Å²) in [6, 6.07) is 14.3. The lowest BCUT2D eigenvalue weighted by Gasteiger charge is -2.38. The second-order valence-corrected chi connectivity index (χ2v) is 8.49. The molecule has 1 saturated heterocycles. The third-order valence-electron chi connectivity index (χ3n) is 5.89. The summed E-state index contributed by atoms with van der Waals surface area (Å²) in [5.74, 6) is -0.246. The quantitative estimate of drug-likeness (QED) is 0.499. The second kappa shape index (κ2) is 8.63. The first-order valence-electron chi connectivity index (χ1n) is 11.0. The van der Waals surface area contributed by atoms with Gasteiger partial charge in [0.15, 0.2) is 0 Å². The van der Waals surface area contributed by atoms with Gasteiger partial charge in [0, 0.05) is 59.7 Å². The summed E-state index contributed by atoms with van der Waals surface area (Å²) >= 11 is 0. The minimum absolute atomic E-state index is 0.227. The highest BCUT2D eigenvalue weighted by Crippen LogP contribution is 2.31. The molecule has 2 aromatic heterocycles. The minimum atomic E-state index is -0.246. The molecule has 0 bridgehead atoms. The van der Waals surface area contributed by atoms with E-state index in [4.69, 9.17) is 4.74 Å². The molecule has 2 atom stereocenters. The second-order valence-electron chi connectivity index (χ2n) is 8.49. The molecule has 0 radical (unpaired) electrons. The van der Waals surface area contributed by atoms with Crippen molar-refractivity contribution in [1.82, 2.24) is 20.3 Å². The van der Waals surface area contributed by atoms with Gasteiger partial charge in [0.2, 0.25) is 0 Å². The van der Waals surface area contributed by atoms with Crippen LogP contribution in [-0.2, 0) is 0 Å². The molecule has 3 heterocycles. The van der Waals surface area contributed by atoms with Crippen molar-refractivity contribution in [2.24, 2.45) is 0 Å². The Hall–Kier alpha value is -3.78. The van der Waals surface area contributed by atoms with E-state index in [2.05, 4.69) is 44.3 Å². The molecule has 1 aliphatic heterocycles. The van der Waals surface area contributed by atoms with Gasteiger partial charge in [-0.1, -0.05) is 12.1 Å². The summed E-state index contributed by atoms with van der Waals surface area (Å²) in [5, 5.41) is 8.38. The van der Waals surface area contributed by atoms with E-state index in [1.54, 1.807) is 12.4 Å². The lowest BCUT2D eigenvalue weighted by atomic mass is 10.0. The molecular formula is C25H26N6O2. The Kier molecular flexibility index (Phi) is 5.51. The molecule has 8 heteroatoms. The Labute approximate surface area is 192 Å². The van der Waals surface area contributed by atoms with Crippen LogP contribution < -0.4 is 20.3 Å². The summed E-state index contributed by atoms with van der Waals surface area (Å²) in [6.07, 6.45) is 3.48. The van der Waals surface area contributed by atoms with E-state index in [0.717, 1.165) is 35.1 Å². The number of benzene rings is 2. The fourth-order valence-corrected chi connectivity index (χ4v) is 4.51. The molecule has 1 amide bonds. The van der Waals surface area contributed by atoms with Crippen LogP contribution >= 0.6 is 0 Å². The van der Waals surface area contributed by atoms with Crippen molar-refractivity contribution < 1.29 is 9.53 Å². The monoisotopic (exact) mass is 442 g/mol. The van der Waals surface area contributed by atoms with Crippen LogP contribution in [0.25, 0.3) is 21.8 Å². The molecule has 2 unspecified atom stereocenters. The Bertz CT molecular complexity index is 1330. The van der Waals surface area contributed by atoms with Crippen LogP contribution in [0.1, 0.15) is 24.2 Å². The average molecular weight is 443 g/mol. The summed E-state index contributed by atoms with van der Waals surface area (Å²) in [4.78, 5) is 28.9. The first-order valence-corrected chi connectivity index (χ1v) is 11.0. The molecule has 1 aliphatic rings. The van der Waals surface area contributed by atoms with Gasteiger partial charge in [-0.05, 0) is 44.2 Å². The topological polar surface area (TPSA) is 92.3 Å². The third-order valence-corrected chi connectivity index (χ3v) is 5.89. The first kappa shape index (κ1) is 21.1. The number of piperazine rings is 1. The summed E-state index contributed by atoms with van der Waals surface area (Å²) in [6.45, 7) is 6.07. The van der Waals surface area contributed by atoms with Crippen LogP contribution in [0.5, 0.6) is 6.01 Å². The van der Waals surface area contributed by atoms with Crippen molar-refractivity contribution in [2.45, 2.75) is 25.9 Å². The van der Waals surface area contributed by atoms with Crippen LogP contribution in [0.4, 0.5) is 11.4 Å². The summed E-state index contributed by atoms with van der Waals surface area (Å²) < 4.78 is 5.26. The molecule has 0 saturated carbocycles. The highest BCUT2D eigenvalue weighted by molar-refractivity contribution is 6.14. The average Bonchev–Trinajstić information content (AvgIpc) is 2.82. The van der Waals surface area contributed by atoms with Gasteiger partial charge in [-0.2, -0.15) is 4.98 Å². The number of rotatable bonds is 4. The number of aromatic nitrogens is 3. The van der Waals surface area contributed by atoms with Crippen LogP contribution in [0.3, 0.4) is 0 Å². The normalized spacial score (nSPS) is 18.5. The van der Waals surface area contributed by atoms with Crippen LogP contribution in [0.15, 0.2) is 54.9 Å². The van der Waals surface area contributed by atoms with E-state index in [-0.39, 0.29) is 11.9 Å². The van der Waals surface area contributed by atoms with Gasteiger partial charge in [-0.25, -0.2) is 4.98 Å². The predicted octanol–water partition coefficient (Wildman–Crippen LogP) is 3.63. The zero-order valence-electron chi connectivity index (χ0n) is 18.9. The van der Waals surface area contributed by atoms with Gasteiger partial charge in [0.1, 0.15) is 0 Å². The van der Waals surface area contributed by atoms with Crippen LogP contribution in [-0.4, -0.2) is 53.1 Å². The fourth-order valence-electron chi connectivity index (χ4n) is 4.51. The van der Waals surface area contributed by atoms with E-state index in [9.17, 15) is 4.79 Å². The molecular weight excluding hydrogens is 416 g/mol. The minimum Gasteiger partial charge on any atom is -0.467 e. The Morgan fingerprint density at radius 1 is 1.12 bits per heavy atom. The van der Waals surface area contributed by atoms with E-state index in [1.807, 2.05) is 42.5 Å². The van der Waals surface area contributed by atoms with Crippen molar-refractivity contribution in [3.05, 3.63) is 60.4 Å². The largest absolute Gasteiger partial charge is 0.467 e. The standard InChI is InChI=1S/C25H26N6O2/c1-15-13-31(14-16(2)28-15)22-9-8-19(23-20(22)12-27-25(30-23)33-3)24(32)29-18-7-6-17-5-4-10-26-21(17)11-18/h4-12,15-16,28H,13-14H2,1-3H3,(H,29,32). The molecule has 5 rings (SSSR count). The molecule has 33 heavy (non-hydrogen) atoms. The smallest absolute Gasteiger partial charge is 0.316 e. The van der Waals surface area contributed by atoms with Crippen molar-refractivity contribution >= 4 is 39.1 Å². The number of hydrogen-bond donors (Lipinski definition) is 2. The van der Waals surface area contributed by atoms with Crippen molar-refractivity contribution in [3.63, 3.8) is 0 Å². The Balaban J connectivity index is 1.53. The van der Waals surface area contributed by atoms with E-state index >= 15 is 0 Å². The maximum absolute atomic E-state index is 13.3. The van der Waals surface area contributed by atoms with Crippen LogP contribution in [0, 0.1) is 0 Å². The number of nitrogens with zero attached hydrogens (tertiary/aromatic N) is 4. The molecule has 0 aliphatic carbocycles. The zero-order valence-corrected chi connectivity index (χ0v) is 18.9. The van der Waals surface area contributed by atoms with E-state index < -0.39 is 0 Å². The number of hydrogen-bond acceptors (Lipinski definition) is 7. The zero-order chi connectivity index (χ0) is 22.9. The summed E-state index contributed by atoms with van der Waals surface area (Å²) in [7, 11) is 1.52. The van der Waals surface area contributed by atoms with Crippen LogP contribution in [0.2, 0.25) is 0 Å². The van der Waals surface area contributed by atoms with Gasteiger partial charge in [0.25, 0.3) is 5.91 Å². The number of nitrogens with one attached hydrogen (secondary N) is 2. The maximum Gasteiger partial charge on any atom is 0.316 e. The maximum atomic E-state index is 13.3. The number of amides is 1. The number of anilines is 2. The molecule has 2 N–H and O–H groups in total. The molecule has 8 nitrogen and oxygen atoms in total. The molecule has 1 fully saturated rings. The lowest BCUT2D eigenvalue weighted by molar-refractivity contribution is 0.102. The van der Waals surface area contributed by atoms with Gasteiger partial charge >= 0.3 is 6.01 Å². The van der Waals surface area contributed by atoms with Gasteiger partial charge < -0.3 is 20.3 Å². The van der Waals surface area contributed by atoms with Gasteiger partial charge in [0.05, 0.1) is 23.7 Å². The highest BCUT2D eigenvalue weighted by atomic mass is 16.5.